The van der Waals surface area contributed by atoms with Gasteiger partial charge in [-0.1, -0.05) is 31.7 Å². The number of nitrogens with one attached hydrogen (secondary N) is 1. The van der Waals surface area contributed by atoms with Crippen molar-refractivity contribution in [2.24, 2.45) is 0 Å². The maximum Gasteiger partial charge on any atom is 0.317 e. The van der Waals surface area contributed by atoms with Crippen molar-refractivity contribution in [3.05, 3.63) is 30.2 Å². The summed E-state index contributed by atoms with van der Waals surface area (Å²) in [6.45, 7) is 1.59. The summed E-state index contributed by atoms with van der Waals surface area (Å²) >= 11 is 0. The number of urea groups is 1. The Hall–Kier alpha value is -2.11. The lowest BCUT2D eigenvalue weighted by Gasteiger charge is -2.32. The zero-order valence-electron chi connectivity index (χ0n) is 14.7. The Labute approximate surface area is 148 Å². The Bertz CT molecular complexity index is 711. The summed E-state index contributed by atoms with van der Waals surface area (Å²) in [6.07, 6.45) is 11.3. The van der Waals surface area contributed by atoms with Crippen molar-refractivity contribution in [1.82, 2.24) is 24.8 Å². The van der Waals surface area contributed by atoms with Crippen LogP contribution in [0.15, 0.2) is 24.4 Å². The zero-order valence-corrected chi connectivity index (χ0v) is 14.7. The average Bonchev–Trinajstić information content (AvgIpc) is 2.92. The van der Waals surface area contributed by atoms with Crippen LogP contribution in [0.1, 0.15) is 63.1 Å². The fourth-order valence-corrected chi connectivity index (χ4v) is 4.17. The summed E-state index contributed by atoms with van der Waals surface area (Å²) in [4.78, 5) is 14.5. The van der Waals surface area contributed by atoms with Crippen LogP contribution >= 0.6 is 0 Å². The van der Waals surface area contributed by atoms with Gasteiger partial charge in [0, 0.05) is 31.2 Å². The first-order chi connectivity index (χ1) is 12.3. The second-order valence-electron chi connectivity index (χ2n) is 7.39. The molecule has 4 rings (SSSR count). The summed E-state index contributed by atoms with van der Waals surface area (Å²) in [6, 6.07) is 6.46. The molecule has 0 spiro atoms. The molecule has 25 heavy (non-hydrogen) atoms. The highest BCUT2D eigenvalue weighted by molar-refractivity contribution is 5.74. The molecule has 0 aromatic carbocycles. The van der Waals surface area contributed by atoms with E-state index in [9.17, 15) is 4.79 Å². The second-order valence-corrected chi connectivity index (χ2v) is 7.39. The summed E-state index contributed by atoms with van der Waals surface area (Å²) in [7, 11) is 0. The van der Waals surface area contributed by atoms with Crippen LogP contribution in [0.3, 0.4) is 0 Å². The molecule has 1 aliphatic heterocycles. The van der Waals surface area contributed by atoms with Crippen LogP contribution in [-0.4, -0.2) is 44.7 Å². The van der Waals surface area contributed by atoms with Crippen molar-refractivity contribution in [3.63, 3.8) is 0 Å². The zero-order chi connectivity index (χ0) is 17.1. The number of pyridine rings is 1. The van der Waals surface area contributed by atoms with E-state index in [0.29, 0.717) is 12.0 Å². The Kier molecular flexibility index (Phi) is 4.85. The number of hydrogen-bond donors (Lipinski definition) is 1. The smallest absolute Gasteiger partial charge is 0.317 e. The lowest BCUT2D eigenvalue weighted by molar-refractivity contribution is 0.175. The summed E-state index contributed by atoms with van der Waals surface area (Å²) in [5.41, 5.74) is 0.894. The van der Waals surface area contributed by atoms with E-state index in [2.05, 4.69) is 19.9 Å². The molecule has 0 bridgehead atoms. The molecule has 1 saturated carbocycles. The monoisotopic (exact) mass is 341 g/mol. The van der Waals surface area contributed by atoms with Gasteiger partial charge in [0.25, 0.3) is 0 Å². The van der Waals surface area contributed by atoms with Gasteiger partial charge in [0.15, 0.2) is 5.65 Å². The number of carbonyl (C=O) groups excluding carboxylic acids is 1. The van der Waals surface area contributed by atoms with E-state index in [4.69, 9.17) is 0 Å². The molecule has 1 aliphatic carbocycles. The number of nitrogens with zero attached hydrogens (tertiary/aromatic N) is 4. The molecule has 0 atom stereocenters. The molecule has 2 amide bonds. The minimum atomic E-state index is 0.122. The van der Waals surface area contributed by atoms with E-state index < -0.39 is 0 Å². The normalized spacial score (nSPS) is 20.6. The lowest BCUT2D eigenvalue weighted by atomic mass is 9.96. The van der Waals surface area contributed by atoms with Gasteiger partial charge in [-0.25, -0.2) is 4.79 Å². The maximum absolute atomic E-state index is 12.6. The van der Waals surface area contributed by atoms with Crippen molar-refractivity contribution >= 4 is 11.7 Å². The molecule has 6 heteroatoms. The molecule has 6 nitrogen and oxygen atoms in total. The van der Waals surface area contributed by atoms with Gasteiger partial charge in [-0.15, -0.1) is 10.2 Å². The van der Waals surface area contributed by atoms with E-state index in [1.165, 1.54) is 25.7 Å². The Morgan fingerprint density at radius 1 is 1.00 bits per heavy atom. The van der Waals surface area contributed by atoms with Crippen molar-refractivity contribution in [2.75, 3.05) is 13.1 Å². The Morgan fingerprint density at radius 3 is 2.52 bits per heavy atom. The standard InChI is InChI=1S/C19H27N5O/c25-19(20-16-7-3-1-2-4-8-16)23-13-10-15(11-14-23)18-22-21-17-9-5-6-12-24(17)18/h5-6,9,12,15-16H,1-4,7-8,10-11,13-14H2,(H,20,25). The molecular weight excluding hydrogens is 314 g/mol. The van der Waals surface area contributed by atoms with Crippen LogP contribution in [-0.2, 0) is 0 Å². The predicted octanol–water partition coefficient (Wildman–Crippen LogP) is 3.34. The van der Waals surface area contributed by atoms with Gasteiger partial charge in [0.2, 0.25) is 0 Å². The van der Waals surface area contributed by atoms with E-state index in [-0.39, 0.29) is 6.03 Å². The van der Waals surface area contributed by atoms with Crippen LogP contribution in [0.25, 0.3) is 5.65 Å². The number of amides is 2. The number of aromatic nitrogens is 3. The van der Waals surface area contributed by atoms with Crippen molar-refractivity contribution < 1.29 is 4.79 Å². The topological polar surface area (TPSA) is 62.5 Å². The van der Waals surface area contributed by atoms with Crippen LogP contribution < -0.4 is 5.32 Å². The number of piperidine rings is 1. The summed E-state index contributed by atoms with van der Waals surface area (Å²) in [5, 5.41) is 11.9. The first-order valence-corrected chi connectivity index (χ1v) is 9.66. The molecule has 2 aliphatic rings. The van der Waals surface area contributed by atoms with Crippen molar-refractivity contribution in [1.29, 1.82) is 0 Å². The van der Waals surface area contributed by atoms with Crippen LogP contribution in [0, 0.1) is 0 Å². The highest BCUT2D eigenvalue weighted by atomic mass is 16.2. The third-order valence-corrected chi connectivity index (χ3v) is 5.67. The molecular formula is C19H27N5O. The van der Waals surface area contributed by atoms with Crippen molar-refractivity contribution in [3.8, 4) is 0 Å². The molecule has 2 aromatic heterocycles. The molecule has 2 fully saturated rings. The average molecular weight is 341 g/mol. The quantitative estimate of drug-likeness (QED) is 0.852. The molecule has 1 N–H and O–H groups in total. The summed E-state index contributed by atoms with van der Waals surface area (Å²) in [5.74, 6) is 1.40. The lowest BCUT2D eigenvalue weighted by Crippen LogP contribution is -2.47. The first kappa shape index (κ1) is 16.4. The fraction of sp³-hybridized carbons (Fsp3) is 0.632. The highest BCUT2D eigenvalue weighted by Crippen LogP contribution is 2.27. The Morgan fingerprint density at radius 2 is 1.76 bits per heavy atom. The molecule has 2 aromatic rings. The molecule has 0 radical (unpaired) electrons. The molecule has 134 valence electrons. The number of carbonyl (C=O) groups is 1. The molecule has 0 unspecified atom stereocenters. The van der Waals surface area contributed by atoms with Gasteiger partial charge in [0.05, 0.1) is 0 Å². The molecule has 1 saturated heterocycles. The van der Waals surface area contributed by atoms with E-state index in [1.807, 2.05) is 29.3 Å². The van der Waals surface area contributed by atoms with E-state index >= 15 is 0 Å². The maximum atomic E-state index is 12.6. The highest BCUT2D eigenvalue weighted by Gasteiger charge is 2.27. The second kappa shape index (κ2) is 7.42. The Balaban J connectivity index is 1.34. The third kappa shape index (κ3) is 3.62. The van der Waals surface area contributed by atoms with Gasteiger partial charge in [0.1, 0.15) is 5.82 Å². The van der Waals surface area contributed by atoms with Gasteiger partial charge in [-0.05, 0) is 37.8 Å². The van der Waals surface area contributed by atoms with E-state index in [1.54, 1.807) is 0 Å². The van der Waals surface area contributed by atoms with Gasteiger partial charge < -0.3 is 10.2 Å². The largest absolute Gasteiger partial charge is 0.335 e. The minimum Gasteiger partial charge on any atom is -0.335 e. The van der Waals surface area contributed by atoms with Crippen LogP contribution in [0.5, 0.6) is 0 Å². The number of likely N-dealkylation sites (tertiary alicyclic amines) is 1. The van der Waals surface area contributed by atoms with Crippen LogP contribution in [0.4, 0.5) is 4.79 Å². The third-order valence-electron chi connectivity index (χ3n) is 5.67. The number of fused-ring (bicyclic) bond motifs is 1. The van der Waals surface area contributed by atoms with Crippen molar-refractivity contribution in [2.45, 2.75) is 63.3 Å². The van der Waals surface area contributed by atoms with Crippen LogP contribution in [0.2, 0.25) is 0 Å². The molecule has 3 heterocycles. The summed E-state index contributed by atoms with van der Waals surface area (Å²) < 4.78 is 2.08. The minimum absolute atomic E-state index is 0.122. The van der Waals surface area contributed by atoms with Gasteiger partial charge in [-0.2, -0.15) is 0 Å². The first-order valence-electron chi connectivity index (χ1n) is 9.66. The number of hydrogen-bond acceptors (Lipinski definition) is 3. The van der Waals surface area contributed by atoms with E-state index in [0.717, 1.165) is 50.2 Å². The van der Waals surface area contributed by atoms with Gasteiger partial charge in [-0.3, -0.25) is 4.40 Å². The fourth-order valence-electron chi connectivity index (χ4n) is 4.17. The van der Waals surface area contributed by atoms with Gasteiger partial charge >= 0.3 is 6.03 Å². The number of rotatable bonds is 2. The SMILES string of the molecule is O=C(NC1CCCCCC1)N1CCC(c2nnc3ccccn23)CC1. The predicted molar refractivity (Wildman–Crippen MR) is 96.6 cm³/mol.